The Balaban J connectivity index is 2.24. The summed E-state index contributed by atoms with van der Waals surface area (Å²) in [5, 5.41) is 13.3. The summed E-state index contributed by atoms with van der Waals surface area (Å²) < 4.78 is 2.25. The van der Waals surface area contributed by atoms with Gasteiger partial charge in [0.2, 0.25) is 0 Å². The molecule has 0 saturated carbocycles. The SMILES string of the molecule is CSc1nc2ccc(NC(C)C(C)(C)O)cc2s1. The van der Waals surface area contributed by atoms with Gasteiger partial charge in [-0.25, -0.2) is 4.98 Å². The Morgan fingerprint density at radius 2 is 2.17 bits per heavy atom. The lowest BCUT2D eigenvalue weighted by molar-refractivity contribution is 0.0649. The van der Waals surface area contributed by atoms with Gasteiger partial charge in [-0.2, -0.15) is 0 Å². The predicted octanol–water partition coefficient (Wildman–Crippen LogP) is 3.59. The average Bonchev–Trinajstić information content (AvgIpc) is 2.69. The van der Waals surface area contributed by atoms with Crippen molar-refractivity contribution in [1.82, 2.24) is 4.98 Å². The number of rotatable bonds is 4. The van der Waals surface area contributed by atoms with E-state index in [1.807, 2.05) is 39.2 Å². The third-order valence-corrected chi connectivity index (χ3v) is 4.99. The summed E-state index contributed by atoms with van der Waals surface area (Å²) in [6.45, 7) is 5.59. The first-order valence-electron chi connectivity index (χ1n) is 5.83. The van der Waals surface area contributed by atoms with Crippen molar-refractivity contribution in [2.75, 3.05) is 11.6 Å². The highest BCUT2D eigenvalue weighted by atomic mass is 32.2. The largest absolute Gasteiger partial charge is 0.388 e. The Hall–Kier alpha value is -0.780. The molecule has 0 spiro atoms. The number of hydrogen-bond donors (Lipinski definition) is 2. The van der Waals surface area contributed by atoms with E-state index in [0.29, 0.717) is 0 Å². The third kappa shape index (κ3) is 2.96. The molecule has 0 bridgehead atoms. The molecule has 0 fully saturated rings. The molecule has 0 aliphatic carbocycles. The average molecular weight is 282 g/mol. The number of anilines is 1. The normalized spacial score (nSPS) is 13.8. The Morgan fingerprint density at radius 3 is 2.78 bits per heavy atom. The minimum absolute atomic E-state index is 0.0112. The van der Waals surface area contributed by atoms with Crippen LogP contribution in [0.1, 0.15) is 20.8 Å². The van der Waals surface area contributed by atoms with Crippen molar-refractivity contribution in [2.24, 2.45) is 0 Å². The summed E-state index contributed by atoms with van der Waals surface area (Å²) in [5.74, 6) is 0. The summed E-state index contributed by atoms with van der Waals surface area (Å²) >= 11 is 3.36. The molecule has 0 aliphatic heterocycles. The van der Waals surface area contributed by atoms with E-state index in [-0.39, 0.29) is 6.04 Å². The molecule has 98 valence electrons. The van der Waals surface area contributed by atoms with E-state index in [4.69, 9.17) is 0 Å². The molecular weight excluding hydrogens is 264 g/mol. The molecule has 0 radical (unpaired) electrons. The zero-order valence-corrected chi connectivity index (χ0v) is 12.7. The fourth-order valence-corrected chi connectivity index (χ4v) is 3.04. The first-order valence-corrected chi connectivity index (χ1v) is 7.88. The third-order valence-electron chi connectivity index (χ3n) is 2.99. The van der Waals surface area contributed by atoms with E-state index in [1.165, 1.54) is 4.70 Å². The second-order valence-electron chi connectivity index (χ2n) is 4.89. The van der Waals surface area contributed by atoms with Gasteiger partial charge in [0.25, 0.3) is 0 Å². The molecule has 0 amide bonds. The molecule has 5 heteroatoms. The summed E-state index contributed by atoms with van der Waals surface area (Å²) in [4.78, 5) is 4.50. The standard InChI is InChI=1S/C13H18N2OS2/c1-8(13(2,3)16)14-9-5-6-10-11(7-9)18-12(15-10)17-4/h5-8,14,16H,1-4H3. The summed E-state index contributed by atoms with van der Waals surface area (Å²) in [7, 11) is 0. The molecule has 2 aromatic rings. The van der Waals surface area contributed by atoms with Crippen LogP contribution < -0.4 is 5.32 Å². The number of thiazole rings is 1. The van der Waals surface area contributed by atoms with Crippen LogP contribution in [-0.4, -0.2) is 28.0 Å². The van der Waals surface area contributed by atoms with Gasteiger partial charge in [-0.15, -0.1) is 11.3 Å². The van der Waals surface area contributed by atoms with Crippen LogP contribution in [0.2, 0.25) is 0 Å². The highest BCUT2D eigenvalue weighted by molar-refractivity contribution is 8.00. The lowest BCUT2D eigenvalue weighted by atomic mass is 10.0. The Morgan fingerprint density at radius 1 is 1.44 bits per heavy atom. The van der Waals surface area contributed by atoms with Crippen molar-refractivity contribution in [3.05, 3.63) is 18.2 Å². The highest BCUT2D eigenvalue weighted by Crippen LogP contribution is 2.30. The van der Waals surface area contributed by atoms with Crippen LogP contribution in [0.5, 0.6) is 0 Å². The Labute approximate surface area is 116 Å². The van der Waals surface area contributed by atoms with Crippen LogP contribution in [0.15, 0.2) is 22.5 Å². The zero-order valence-electron chi connectivity index (χ0n) is 11.0. The van der Waals surface area contributed by atoms with Gasteiger partial charge in [0.1, 0.15) is 0 Å². The molecule has 1 atom stereocenters. The number of benzene rings is 1. The zero-order chi connectivity index (χ0) is 13.3. The minimum Gasteiger partial charge on any atom is -0.388 e. The van der Waals surface area contributed by atoms with Crippen LogP contribution in [0.25, 0.3) is 10.2 Å². The number of nitrogens with zero attached hydrogens (tertiary/aromatic N) is 1. The van der Waals surface area contributed by atoms with E-state index in [0.717, 1.165) is 15.5 Å². The van der Waals surface area contributed by atoms with Crippen LogP contribution in [0.3, 0.4) is 0 Å². The molecule has 2 N–H and O–H groups in total. The molecule has 1 unspecified atom stereocenters. The number of hydrogen-bond acceptors (Lipinski definition) is 5. The van der Waals surface area contributed by atoms with Gasteiger partial charge >= 0.3 is 0 Å². The second-order valence-corrected chi connectivity index (χ2v) is 6.97. The van der Waals surface area contributed by atoms with Crippen molar-refractivity contribution in [1.29, 1.82) is 0 Å². The topological polar surface area (TPSA) is 45.2 Å². The molecule has 0 saturated heterocycles. The predicted molar refractivity (Wildman–Crippen MR) is 80.8 cm³/mol. The quantitative estimate of drug-likeness (QED) is 0.841. The number of thioether (sulfide) groups is 1. The molecule has 1 heterocycles. The fourth-order valence-electron chi connectivity index (χ4n) is 1.51. The molecular formula is C13H18N2OS2. The van der Waals surface area contributed by atoms with E-state index in [9.17, 15) is 5.11 Å². The van der Waals surface area contributed by atoms with Gasteiger partial charge < -0.3 is 10.4 Å². The number of aliphatic hydroxyl groups is 1. The van der Waals surface area contributed by atoms with Gasteiger partial charge in [0, 0.05) is 5.69 Å². The summed E-state index contributed by atoms with van der Waals surface area (Å²) in [5.41, 5.74) is 1.31. The summed E-state index contributed by atoms with van der Waals surface area (Å²) in [6, 6.07) is 6.11. The molecule has 18 heavy (non-hydrogen) atoms. The second kappa shape index (κ2) is 5.07. The lowest BCUT2D eigenvalue weighted by Gasteiger charge is -2.27. The summed E-state index contributed by atoms with van der Waals surface area (Å²) in [6.07, 6.45) is 2.03. The number of fused-ring (bicyclic) bond motifs is 1. The van der Waals surface area contributed by atoms with Crippen LogP contribution in [-0.2, 0) is 0 Å². The van der Waals surface area contributed by atoms with Crippen molar-refractivity contribution < 1.29 is 5.11 Å². The number of nitrogens with one attached hydrogen (secondary N) is 1. The maximum atomic E-state index is 9.93. The molecule has 1 aromatic heterocycles. The van der Waals surface area contributed by atoms with E-state index < -0.39 is 5.60 Å². The van der Waals surface area contributed by atoms with Gasteiger partial charge in [0.15, 0.2) is 4.34 Å². The maximum Gasteiger partial charge on any atom is 0.150 e. The van der Waals surface area contributed by atoms with Crippen LogP contribution in [0.4, 0.5) is 5.69 Å². The maximum absolute atomic E-state index is 9.93. The van der Waals surface area contributed by atoms with Crippen molar-refractivity contribution in [3.8, 4) is 0 Å². The van der Waals surface area contributed by atoms with Gasteiger partial charge in [-0.05, 0) is 45.2 Å². The molecule has 0 aliphatic rings. The number of aromatic nitrogens is 1. The first kappa shape index (κ1) is 13.6. The van der Waals surface area contributed by atoms with Crippen molar-refractivity contribution in [2.45, 2.75) is 36.8 Å². The van der Waals surface area contributed by atoms with Crippen molar-refractivity contribution in [3.63, 3.8) is 0 Å². The molecule has 1 aromatic carbocycles. The van der Waals surface area contributed by atoms with Gasteiger partial charge in [-0.1, -0.05) is 11.8 Å². The van der Waals surface area contributed by atoms with Crippen LogP contribution in [0, 0.1) is 0 Å². The van der Waals surface area contributed by atoms with Crippen molar-refractivity contribution >= 4 is 39.0 Å². The lowest BCUT2D eigenvalue weighted by Crippen LogP contribution is -2.39. The minimum atomic E-state index is -0.743. The smallest absolute Gasteiger partial charge is 0.150 e. The van der Waals surface area contributed by atoms with Gasteiger partial charge in [0.05, 0.1) is 21.9 Å². The van der Waals surface area contributed by atoms with E-state index in [2.05, 4.69) is 16.4 Å². The Bertz CT molecular complexity index is 545. The van der Waals surface area contributed by atoms with Gasteiger partial charge in [-0.3, -0.25) is 0 Å². The highest BCUT2D eigenvalue weighted by Gasteiger charge is 2.21. The van der Waals surface area contributed by atoms with E-state index in [1.54, 1.807) is 23.1 Å². The monoisotopic (exact) mass is 282 g/mol. The first-order chi connectivity index (χ1) is 8.40. The Kier molecular flexibility index (Phi) is 3.84. The van der Waals surface area contributed by atoms with E-state index >= 15 is 0 Å². The fraction of sp³-hybridized carbons (Fsp3) is 0.462. The molecule has 3 nitrogen and oxygen atoms in total. The van der Waals surface area contributed by atoms with Crippen LogP contribution >= 0.6 is 23.1 Å². The molecule has 2 rings (SSSR count).